The number of halogens is 1. The van der Waals surface area contributed by atoms with Crippen LogP contribution in [0.1, 0.15) is 17.2 Å². The number of amides is 1. The number of aryl methyl sites for hydroxylation is 1. The van der Waals surface area contributed by atoms with Crippen molar-refractivity contribution in [2.45, 2.75) is 19.6 Å². The molecule has 2 heterocycles. The van der Waals surface area contributed by atoms with Crippen molar-refractivity contribution in [2.75, 3.05) is 19.7 Å². The van der Waals surface area contributed by atoms with Gasteiger partial charge in [0.05, 0.1) is 19.3 Å². The molecule has 6 heteroatoms. The highest BCUT2D eigenvalue weighted by Gasteiger charge is 2.25. The van der Waals surface area contributed by atoms with Gasteiger partial charge in [0.1, 0.15) is 18.5 Å². The van der Waals surface area contributed by atoms with Crippen molar-refractivity contribution in [1.29, 1.82) is 0 Å². The zero-order chi connectivity index (χ0) is 15.5. The van der Waals surface area contributed by atoms with E-state index in [9.17, 15) is 9.18 Å². The first-order valence-corrected chi connectivity index (χ1v) is 7.26. The van der Waals surface area contributed by atoms with E-state index in [0.717, 1.165) is 11.1 Å². The lowest BCUT2D eigenvalue weighted by Gasteiger charge is -2.33. The van der Waals surface area contributed by atoms with Crippen LogP contribution in [-0.2, 0) is 16.1 Å². The lowest BCUT2D eigenvalue weighted by molar-refractivity contribution is -0.139. The molecule has 1 saturated heterocycles. The molecule has 0 N–H and O–H groups in total. The summed E-state index contributed by atoms with van der Waals surface area (Å²) in [5, 5.41) is 4.13. The summed E-state index contributed by atoms with van der Waals surface area (Å²) in [7, 11) is 0. The SMILES string of the molecule is Cc1cnn(CC(=O)N2CCOC(c3ccc(F)cc3)C2)c1. The Morgan fingerprint density at radius 2 is 2.18 bits per heavy atom. The minimum Gasteiger partial charge on any atom is -0.370 e. The van der Waals surface area contributed by atoms with Gasteiger partial charge in [-0.2, -0.15) is 5.10 Å². The van der Waals surface area contributed by atoms with Gasteiger partial charge in [-0.25, -0.2) is 4.39 Å². The lowest BCUT2D eigenvalue weighted by atomic mass is 10.1. The van der Waals surface area contributed by atoms with Crippen molar-refractivity contribution < 1.29 is 13.9 Å². The summed E-state index contributed by atoms with van der Waals surface area (Å²) in [4.78, 5) is 14.1. The Morgan fingerprint density at radius 1 is 1.41 bits per heavy atom. The quantitative estimate of drug-likeness (QED) is 0.870. The van der Waals surface area contributed by atoms with E-state index in [1.54, 1.807) is 27.9 Å². The van der Waals surface area contributed by atoms with Gasteiger partial charge in [0.2, 0.25) is 5.91 Å². The van der Waals surface area contributed by atoms with E-state index in [1.165, 1.54) is 12.1 Å². The normalized spacial score (nSPS) is 18.5. The van der Waals surface area contributed by atoms with Crippen LogP contribution >= 0.6 is 0 Å². The molecule has 5 nitrogen and oxygen atoms in total. The fourth-order valence-corrected chi connectivity index (χ4v) is 2.55. The van der Waals surface area contributed by atoms with Crippen LogP contribution in [-0.4, -0.2) is 40.3 Å². The van der Waals surface area contributed by atoms with Gasteiger partial charge < -0.3 is 9.64 Å². The molecule has 0 saturated carbocycles. The maximum absolute atomic E-state index is 13.0. The molecule has 1 atom stereocenters. The van der Waals surface area contributed by atoms with Gasteiger partial charge >= 0.3 is 0 Å². The Labute approximate surface area is 128 Å². The highest BCUT2D eigenvalue weighted by molar-refractivity contribution is 5.76. The van der Waals surface area contributed by atoms with E-state index in [2.05, 4.69) is 5.10 Å². The average molecular weight is 303 g/mol. The molecule has 0 spiro atoms. The highest BCUT2D eigenvalue weighted by atomic mass is 19.1. The second-order valence-electron chi connectivity index (χ2n) is 5.47. The standard InChI is InChI=1S/C16H18FN3O2/c1-12-8-18-20(9-12)11-16(21)19-6-7-22-15(10-19)13-2-4-14(17)5-3-13/h2-5,8-9,15H,6-7,10-11H2,1H3. The number of benzene rings is 1. The summed E-state index contributed by atoms with van der Waals surface area (Å²) >= 11 is 0. The molecule has 116 valence electrons. The maximum atomic E-state index is 13.0. The summed E-state index contributed by atoms with van der Waals surface area (Å²) < 4.78 is 20.3. The van der Waals surface area contributed by atoms with Gasteiger partial charge in [-0.05, 0) is 30.2 Å². The number of hydrogen-bond donors (Lipinski definition) is 0. The molecule has 1 aliphatic heterocycles. The second kappa shape index (κ2) is 6.27. The monoisotopic (exact) mass is 303 g/mol. The number of nitrogens with zero attached hydrogens (tertiary/aromatic N) is 3. The van der Waals surface area contributed by atoms with E-state index in [-0.39, 0.29) is 24.4 Å². The molecular weight excluding hydrogens is 285 g/mol. The predicted molar refractivity (Wildman–Crippen MR) is 78.6 cm³/mol. The molecule has 1 amide bonds. The predicted octanol–water partition coefficient (Wildman–Crippen LogP) is 1.93. The van der Waals surface area contributed by atoms with Gasteiger partial charge in [-0.15, -0.1) is 0 Å². The average Bonchev–Trinajstić information content (AvgIpc) is 2.93. The van der Waals surface area contributed by atoms with Gasteiger partial charge in [-0.3, -0.25) is 9.48 Å². The first-order chi connectivity index (χ1) is 10.6. The number of ether oxygens (including phenoxy) is 1. The zero-order valence-corrected chi connectivity index (χ0v) is 12.4. The Morgan fingerprint density at radius 3 is 2.86 bits per heavy atom. The van der Waals surface area contributed by atoms with Crippen LogP contribution in [0.5, 0.6) is 0 Å². The highest BCUT2D eigenvalue weighted by Crippen LogP contribution is 2.22. The molecule has 22 heavy (non-hydrogen) atoms. The van der Waals surface area contributed by atoms with Crippen molar-refractivity contribution >= 4 is 5.91 Å². The molecule has 1 fully saturated rings. The summed E-state index contributed by atoms with van der Waals surface area (Å²) in [6, 6.07) is 6.22. The molecule has 3 rings (SSSR count). The fourth-order valence-electron chi connectivity index (χ4n) is 2.55. The Kier molecular flexibility index (Phi) is 4.20. The fraction of sp³-hybridized carbons (Fsp3) is 0.375. The first kappa shape index (κ1) is 14.7. The number of carbonyl (C=O) groups is 1. The molecular formula is C16H18FN3O2. The van der Waals surface area contributed by atoms with Crippen LogP contribution in [0, 0.1) is 12.7 Å². The Balaban J connectivity index is 1.64. The Bertz CT molecular complexity index is 654. The number of aromatic nitrogens is 2. The van der Waals surface area contributed by atoms with Crippen LogP contribution in [0.25, 0.3) is 0 Å². The summed E-state index contributed by atoms with van der Waals surface area (Å²) in [6.07, 6.45) is 3.36. The van der Waals surface area contributed by atoms with E-state index in [1.807, 2.05) is 13.1 Å². The van der Waals surface area contributed by atoms with Crippen molar-refractivity contribution in [3.63, 3.8) is 0 Å². The van der Waals surface area contributed by atoms with Gasteiger partial charge in [-0.1, -0.05) is 12.1 Å². The van der Waals surface area contributed by atoms with Gasteiger partial charge in [0.15, 0.2) is 0 Å². The molecule has 0 radical (unpaired) electrons. The maximum Gasteiger partial charge on any atom is 0.244 e. The van der Waals surface area contributed by atoms with Gasteiger partial charge in [0, 0.05) is 12.7 Å². The second-order valence-corrected chi connectivity index (χ2v) is 5.47. The molecule has 1 unspecified atom stereocenters. The molecule has 1 aromatic heterocycles. The van der Waals surface area contributed by atoms with E-state index < -0.39 is 0 Å². The zero-order valence-electron chi connectivity index (χ0n) is 12.4. The summed E-state index contributed by atoms with van der Waals surface area (Å²) in [5.74, 6) is -0.264. The van der Waals surface area contributed by atoms with Crippen LogP contribution in [0.2, 0.25) is 0 Å². The van der Waals surface area contributed by atoms with E-state index in [0.29, 0.717) is 19.7 Å². The van der Waals surface area contributed by atoms with Gasteiger partial charge in [0.25, 0.3) is 0 Å². The summed E-state index contributed by atoms with van der Waals surface area (Å²) in [5.41, 5.74) is 1.91. The van der Waals surface area contributed by atoms with Crippen molar-refractivity contribution in [3.05, 3.63) is 53.6 Å². The van der Waals surface area contributed by atoms with Crippen molar-refractivity contribution in [2.24, 2.45) is 0 Å². The van der Waals surface area contributed by atoms with Crippen LogP contribution < -0.4 is 0 Å². The van der Waals surface area contributed by atoms with E-state index >= 15 is 0 Å². The summed E-state index contributed by atoms with van der Waals surface area (Å²) in [6.45, 7) is 3.69. The molecule has 0 aliphatic carbocycles. The minimum atomic E-state index is -0.276. The molecule has 1 aromatic carbocycles. The molecule has 1 aliphatic rings. The third-order valence-electron chi connectivity index (χ3n) is 3.72. The number of carbonyl (C=O) groups excluding carboxylic acids is 1. The van der Waals surface area contributed by atoms with Crippen molar-refractivity contribution in [1.82, 2.24) is 14.7 Å². The largest absolute Gasteiger partial charge is 0.370 e. The van der Waals surface area contributed by atoms with Crippen LogP contribution in [0.15, 0.2) is 36.7 Å². The van der Waals surface area contributed by atoms with Crippen molar-refractivity contribution in [3.8, 4) is 0 Å². The van der Waals surface area contributed by atoms with E-state index in [4.69, 9.17) is 4.74 Å². The number of morpholine rings is 1. The van der Waals surface area contributed by atoms with Crippen LogP contribution in [0.3, 0.4) is 0 Å². The third kappa shape index (κ3) is 3.33. The smallest absolute Gasteiger partial charge is 0.244 e. The molecule has 2 aromatic rings. The minimum absolute atomic E-state index is 0.0125. The van der Waals surface area contributed by atoms with Crippen LogP contribution in [0.4, 0.5) is 4.39 Å². The lowest BCUT2D eigenvalue weighted by Crippen LogP contribution is -2.43. The topological polar surface area (TPSA) is 47.4 Å². The number of hydrogen-bond acceptors (Lipinski definition) is 3. The Hall–Kier alpha value is -2.21. The molecule has 0 bridgehead atoms. The number of rotatable bonds is 3. The first-order valence-electron chi connectivity index (χ1n) is 7.26. The third-order valence-corrected chi connectivity index (χ3v) is 3.72.